The highest BCUT2D eigenvalue weighted by atomic mass is 32.2. The smallest absolute Gasteiger partial charge is 0.254 e. The molecule has 0 spiro atoms. The number of anilines is 1. The number of benzene rings is 2. The second-order valence-electron chi connectivity index (χ2n) is 8.46. The van der Waals surface area contributed by atoms with Crippen molar-refractivity contribution in [3.8, 4) is 11.5 Å². The number of carbonyl (C=O) groups is 2. The van der Waals surface area contributed by atoms with Gasteiger partial charge in [-0.1, -0.05) is 0 Å². The maximum Gasteiger partial charge on any atom is 0.254 e. The number of rotatable bonds is 8. The van der Waals surface area contributed by atoms with E-state index in [2.05, 4.69) is 10.0 Å². The third kappa shape index (κ3) is 6.27. The molecular weight excluding hydrogens is 458 g/mol. The molecule has 34 heavy (non-hydrogen) atoms. The van der Waals surface area contributed by atoms with E-state index in [4.69, 9.17) is 9.47 Å². The molecule has 2 N–H and O–H groups in total. The molecule has 3 rings (SSSR count). The largest absolute Gasteiger partial charge is 0.497 e. The van der Waals surface area contributed by atoms with Gasteiger partial charge in [-0.25, -0.2) is 13.1 Å². The third-order valence-electron chi connectivity index (χ3n) is 5.57. The molecule has 0 bridgehead atoms. The highest BCUT2D eigenvalue weighted by Crippen LogP contribution is 2.26. The van der Waals surface area contributed by atoms with Gasteiger partial charge in [0.1, 0.15) is 11.5 Å². The van der Waals surface area contributed by atoms with Crippen molar-refractivity contribution in [3.05, 3.63) is 48.0 Å². The summed E-state index contributed by atoms with van der Waals surface area (Å²) in [5.41, 5.74) is 0.997. The predicted octanol–water partition coefficient (Wildman–Crippen LogP) is 2.88. The van der Waals surface area contributed by atoms with Crippen molar-refractivity contribution in [2.24, 2.45) is 5.92 Å². The normalized spacial score (nSPS) is 14.7. The monoisotopic (exact) mass is 489 g/mol. The first-order valence-electron chi connectivity index (χ1n) is 11.1. The Kier molecular flexibility index (Phi) is 8.16. The average Bonchev–Trinajstić information content (AvgIpc) is 2.82. The Morgan fingerprint density at radius 1 is 0.971 bits per heavy atom. The Hall–Kier alpha value is -3.11. The molecule has 0 radical (unpaired) electrons. The van der Waals surface area contributed by atoms with E-state index in [9.17, 15) is 18.0 Å². The molecule has 2 aromatic rings. The van der Waals surface area contributed by atoms with Crippen LogP contribution in [0.3, 0.4) is 0 Å². The first kappa shape index (κ1) is 25.5. The fourth-order valence-corrected chi connectivity index (χ4v) is 5.05. The lowest BCUT2D eigenvalue weighted by atomic mass is 9.95. The fraction of sp³-hybridized carbons (Fsp3) is 0.417. The molecule has 2 amide bonds. The first-order chi connectivity index (χ1) is 16.1. The highest BCUT2D eigenvalue weighted by molar-refractivity contribution is 7.89. The molecule has 0 aliphatic carbocycles. The van der Waals surface area contributed by atoms with Crippen LogP contribution in [0.1, 0.15) is 37.0 Å². The summed E-state index contributed by atoms with van der Waals surface area (Å²) in [4.78, 5) is 27.5. The Labute approximate surface area is 200 Å². The summed E-state index contributed by atoms with van der Waals surface area (Å²) in [6.45, 7) is 4.40. The minimum atomic E-state index is -3.59. The zero-order chi connectivity index (χ0) is 24.9. The summed E-state index contributed by atoms with van der Waals surface area (Å²) < 4.78 is 37.5. The fourth-order valence-electron chi connectivity index (χ4n) is 3.80. The Balaban J connectivity index is 1.57. The van der Waals surface area contributed by atoms with Crippen LogP contribution in [0.25, 0.3) is 0 Å². The van der Waals surface area contributed by atoms with Gasteiger partial charge in [-0.3, -0.25) is 9.59 Å². The van der Waals surface area contributed by atoms with Crippen LogP contribution >= 0.6 is 0 Å². The van der Waals surface area contributed by atoms with E-state index in [1.165, 1.54) is 26.4 Å². The van der Waals surface area contributed by atoms with Gasteiger partial charge in [0, 0.05) is 42.4 Å². The molecule has 10 heteroatoms. The zero-order valence-electron chi connectivity index (χ0n) is 19.8. The van der Waals surface area contributed by atoms with Crippen LogP contribution in [0.2, 0.25) is 0 Å². The number of sulfonamides is 1. The maximum atomic E-state index is 12.9. The van der Waals surface area contributed by atoms with Crippen molar-refractivity contribution < 1.29 is 27.5 Å². The lowest BCUT2D eigenvalue weighted by Crippen LogP contribution is -2.41. The van der Waals surface area contributed by atoms with E-state index in [-0.39, 0.29) is 28.7 Å². The number of hydrogen-bond acceptors (Lipinski definition) is 6. The van der Waals surface area contributed by atoms with Crippen LogP contribution in [0, 0.1) is 5.92 Å². The molecule has 0 unspecified atom stereocenters. The number of hydrogen-bond donors (Lipinski definition) is 2. The van der Waals surface area contributed by atoms with Gasteiger partial charge in [0.2, 0.25) is 15.9 Å². The molecule has 0 aromatic heterocycles. The highest BCUT2D eigenvalue weighted by Gasteiger charge is 2.28. The minimum Gasteiger partial charge on any atom is -0.497 e. The van der Waals surface area contributed by atoms with Gasteiger partial charge in [-0.15, -0.1) is 0 Å². The minimum absolute atomic E-state index is 0.136. The van der Waals surface area contributed by atoms with E-state index in [1.807, 2.05) is 0 Å². The first-order valence-corrected chi connectivity index (χ1v) is 12.6. The van der Waals surface area contributed by atoms with Gasteiger partial charge in [0.15, 0.2) is 0 Å². The Bertz CT molecular complexity index is 1100. The summed E-state index contributed by atoms with van der Waals surface area (Å²) in [5.74, 6) is 0.551. The molecule has 1 saturated heterocycles. The quantitative estimate of drug-likeness (QED) is 0.589. The standard InChI is InChI=1S/C24H31N3O6S/c1-16(2)26-34(30,31)22-7-5-19(6-8-22)25-23(28)17-9-11-27(12-10-17)24(29)18-13-20(32-3)15-21(14-18)33-4/h5-8,13-17,26H,9-12H2,1-4H3,(H,25,28). The lowest BCUT2D eigenvalue weighted by Gasteiger charge is -2.31. The van der Waals surface area contributed by atoms with E-state index in [0.29, 0.717) is 48.7 Å². The van der Waals surface area contributed by atoms with Crippen LogP contribution < -0.4 is 19.5 Å². The van der Waals surface area contributed by atoms with E-state index in [0.717, 1.165) is 0 Å². The van der Waals surface area contributed by atoms with Gasteiger partial charge in [0.25, 0.3) is 5.91 Å². The third-order valence-corrected chi connectivity index (χ3v) is 7.25. The number of likely N-dealkylation sites (tertiary alicyclic amines) is 1. The van der Waals surface area contributed by atoms with E-state index >= 15 is 0 Å². The predicted molar refractivity (Wildman–Crippen MR) is 129 cm³/mol. The van der Waals surface area contributed by atoms with Crippen molar-refractivity contribution >= 4 is 27.5 Å². The second kappa shape index (κ2) is 10.9. The van der Waals surface area contributed by atoms with Crippen LogP contribution in [0.5, 0.6) is 11.5 Å². The molecule has 1 heterocycles. The summed E-state index contributed by atoms with van der Waals surface area (Å²) in [6, 6.07) is 10.9. The number of methoxy groups -OCH3 is 2. The average molecular weight is 490 g/mol. The number of amides is 2. The van der Waals surface area contributed by atoms with Crippen molar-refractivity contribution in [3.63, 3.8) is 0 Å². The van der Waals surface area contributed by atoms with Gasteiger partial charge in [-0.05, 0) is 63.1 Å². The summed E-state index contributed by atoms with van der Waals surface area (Å²) >= 11 is 0. The Morgan fingerprint density at radius 3 is 2.03 bits per heavy atom. The lowest BCUT2D eigenvalue weighted by molar-refractivity contribution is -0.121. The van der Waals surface area contributed by atoms with Crippen molar-refractivity contribution in [2.75, 3.05) is 32.6 Å². The van der Waals surface area contributed by atoms with Gasteiger partial charge >= 0.3 is 0 Å². The molecule has 2 aromatic carbocycles. The molecular formula is C24H31N3O6S. The summed E-state index contributed by atoms with van der Waals surface area (Å²) in [6.07, 6.45) is 1.06. The van der Waals surface area contributed by atoms with E-state index in [1.54, 1.807) is 49.1 Å². The molecule has 1 aliphatic heterocycles. The number of nitrogens with one attached hydrogen (secondary N) is 2. The zero-order valence-corrected chi connectivity index (χ0v) is 20.6. The second-order valence-corrected chi connectivity index (χ2v) is 10.2. The topological polar surface area (TPSA) is 114 Å². The van der Waals surface area contributed by atoms with Gasteiger partial charge in [0.05, 0.1) is 19.1 Å². The van der Waals surface area contributed by atoms with Crippen molar-refractivity contribution in [2.45, 2.75) is 37.6 Å². The molecule has 1 fully saturated rings. The summed E-state index contributed by atoms with van der Waals surface area (Å²) in [7, 11) is -0.528. The van der Waals surface area contributed by atoms with Gasteiger partial charge in [-0.2, -0.15) is 0 Å². The van der Waals surface area contributed by atoms with Crippen molar-refractivity contribution in [1.82, 2.24) is 9.62 Å². The SMILES string of the molecule is COc1cc(OC)cc(C(=O)N2CCC(C(=O)Nc3ccc(S(=O)(=O)NC(C)C)cc3)CC2)c1. The molecule has 184 valence electrons. The molecule has 0 atom stereocenters. The molecule has 1 aliphatic rings. The van der Waals surface area contributed by atoms with Gasteiger partial charge < -0.3 is 19.7 Å². The maximum absolute atomic E-state index is 12.9. The van der Waals surface area contributed by atoms with Crippen LogP contribution in [0.4, 0.5) is 5.69 Å². The number of carbonyl (C=O) groups excluding carboxylic acids is 2. The van der Waals surface area contributed by atoms with Crippen LogP contribution in [-0.4, -0.2) is 58.5 Å². The van der Waals surface area contributed by atoms with Crippen LogP contribution in [0.15, 0.2) is 47.4 Å². The molecule has 9 nitrogen and oxygen atoms in total. The summed E-state index contributed by atoms with van der Waals surface area (Å²) in [5, 5.41) is 2.85. The number of nitrogens with zero attached hydrogens (tertiary/aromatic N) is 1. The number of piperidine rings is 1. The van der Waals surface area contributed by atoms with Crippen LogP contribution in [-0.2, 0) is 14.8 Å². The Morgan fingerprint density at radius 2 is 1.53 bits per heavy atom. The van der Waals surface area contributed by atoms with E-state index < -0.39 is 10.0 Å². The molecule has 0 saturated carbocycles. The van der Waals surface area contributed by atoms with Crippen molar-refractivity contribution in [1.29, 1.82) is 0 Å². The number of ether oxygens (including phenoxy) is 2.